The normalized spacial score (nSPS) is 11.3. The summed E-state index contributed by atoms with van der Waals surface area (Å²) in [7, 11) is 0. The number of benzene rings is 2. The number of nitrogens with one attached hydrogen (secondary N) is 1. The second kappa shape index (κ2) is 7.49. The van der Waals surface area contributed by atoms with Crippen LogP contribution in [0.15, 0.2) is 60.8 Å². The molecule has 0 saturated heterocycles. The number of anilines is 1. The number of nitrogens with zero attached hydrogens (tertiary/aromatic N) is 1. The Morgan fingerprint density at radius 3 is 2.37 bits per heavy atom. The minimum Gasteiger partial charge on any atom is -0.322 e. The van der Waals surface area contributed by atoms with Crippen LogP contribution in [-0.2, 0) is 5.41 Å². The van der Waals surface area contributed by atoms with Crippen LogP contribution in [-0.4, -0.2) is 10.9 Å². The Hall–Kier alpha value is -2.72. The Kier molecular flexibility index (Phi) is 5.29. The summed E-state index contributed by atoms with van der Waals surface area (Å²) < 4.78 is 14.5. The van der Waals surface area contributed by atoms with Gasteiger partial charge in [0.25, 0.3) is 5.91 Å². The highest BCUT2D eigenvalue weighted by molar-refractivity contribution is 6.33. The second-order valence-corrected chi connectivity index (χ2v) is 7.72. The van der Waals surface area contributed by atoms with E-state index in [1.807, 2.05) is 24.3 Å². The zero-order valence-corrected chi connectivity index (χ0v) is 16.1. The minimum atomic E-state index is -0.627. The molecular weight excluding hydrogens is 363 g/mol. The van der Waals surface area contributed by atoms with Crippen LogP contribution in [0.5, 0.6) is 0 Å². The van der Waals surface area contributed by atoms with Crippen molar-refractivity contribution in [2.75, 3.05) is 5.32 Å². The van der Waals surface area contributed by atoms with E-state index in [1.54, 1.807) is 24.4 Å². The van der Waals surface area contributed by atoms with Crippen LogP contribution in [0.25, 0.3) is 11.3 Å². The SMILES string of the molecule is CC(C)(C)c1ccc(NC(=O)c2ccc(-c3ncccc3Cl)cc2F)cc1. The molecule has 0 bridgehead atoms. The first kappa shape index (κ1) is 19.1. The monoisotopic (exact) mass is 382 g/mol. The fraction of sp³-hybridized carbons (Fsp3) is 0.182. The molecule has 3 rings (SSSR count). The van der Waals surface area contributed by atoms with Crippen LogP contribution in [0.4, 0.5) is 10.1 Å². The smallest absolute Gasteiger partial charge is 0.258 e. The molecule has 0 spiro atoms. The number of pyridine rings is 1. The highest BCUT2D eigenvalue weighted by Crippen LogP contribution is 2.27. The molecule has 0 aliphatic carbocycles. The quantitative estimate of drug-likeness (QED) is 0.595. The third kappa shape index (κ3) is 4.34. The van der Waals surface area contributed by atoms with Crippen molar-refractivity contribution in [3.63, 3.8) is 0 Å². The van der Waals surface area contributed by atoms with Crippen molar-refractivity contribution < 1.29 is 9.18 Å². The average Bonchev–Trinajstić information content (AvgIpc) is 2.61. The molecule has 0 atom stereocenters. The maximum absolute atomic E-state index is 14.5. The summed E-state index contributed by atoms with van der Waals surface area (Å²) in [6.07, 6.45) is 1.58. The number of hydrogen-bond donors (Lipinski definition) is 1. The van der Waals surface area contributed by atoms with Gasteiger partial charge in [-0.15, -0.1) is 0 Å². The van der Waals surface area contributed by atoms with Crippen molar-refractivity contribution in [1.29, 1.82) is 0 Å². The highest BCUT2D eigenvalue weighted by atomic mass is 35.5. The van der Waals surface area contributed by atoms with Gasteiger partial charge in [-0.3, -0.25) is 9.78 Å². The standard InChI is InChI=1S/C22H20ClFN2O/c1-22(2,3)15-7-9-16(10-8-15)26-21(27)17-11-6-14(13-19(17)24)20-18(23)5-4-12-25-20/h4-13H,1-3H3,(H,26,27). The van der Waals surface area contributed by atoms with Gasteiger partial charge in [0.2, 0.25) is 0 Å². The Morgan fingerprint density at radius 2 is 1.78 bits per heavy atom. The van der Waals surface area contributed by atoms with Crippen LogP contribution < -0.4 is 5.32 Å². The fourth-order valence-corrected chi connectivity index (χ4v) is 2.93. The lowest BCUT2D eigenvalue weighted by Crippen LogP contribution is -2.15. The maximum Gasteiger partial charge on any atom is 0.258 e. The van der Waals surface area contributed by atoms with Crippen LogP contribution in [0, 0.1) is 5.82 Å². The maximum atomic E-state index is 14.5. The van der Waals surface area contributed by atoms with Crippen molar-refractivity contribution in [2.45, 2.75) is 26.2 Å². The molecule has 1 amide bonds. The molecule has 138 valence electrons. The first-order valence-electron chi connectivity index (χ1n) is 8.58. The summed E-state index contributed by atoms with van der Waals surface area (Å²) in [5, 5.41) is 3.15. The minimum absolute atomic E-state index is 0.0250. The molecule has 0 fully saturated rings. The van der Waals surface area contributed by atoms with E-state index in [2.05, 4.69) is 31.1 Å². The Labute approximate surface area is 163 Å². The van der Waals surface area contributed by atoms with Gasteiger partial charge in [0.1, 0.15) is 5.82 Å². The van der Waals surface area contributed by atoms with E-state index in [0.29, 0.717) is 22.0 Å². The van der Waals surface area contributed by atoms with Gasteiger partial charge in [0.15, 0.2) is 0 Å². The Morgan fingerprint density at radius 1 is 1.07 bits per heavy atom. The zero-order valence-electron chi connectivity index (χ0n) is 15.4. The molecule has 1 aromatic heterocycles. The van der Waals surface area contributed by atoms with Gasteiger partial charge in [0, 0.05) is 17.4 Å². The summed E-state index contributed by atoms with van der Waals surface area (Å²) in [6.45, 7) is 6.35. The van der Waals surface area contributed by atoms with Crippen molar-refractivity contribution in [3.05, 3.63) is 82.8 Å². The molecule has 0 aliphatic heterocycles. The van der Waals surface area contributed by atoms with E-state index in [1.165, 1.54) is 12.1 Å². The molecule has 1 N–H and O–H groups in total. The zero-order chi connectivity index (χ0) is 19.6. The van der Waals surface area contributed by atoms with Crippen molar-refractivity contribution in [2.24, 2.45) is 0 Å². The number of halogens is 2. The van der Waals surface area contributed by atoms with Crippen LogP contribution in [0.2, 0.25) is 5.02 Å². The molecule has 3 aromatic rings. The number of carbonyl (C=O) groups excluding carboxylic acids is 1. The van der Waals surface area contributed by atoms with Gasteiger partial charge in [-0.2, -0.15) is 0 Å². The third-order valence-electron chi connectivity index (χ3n) is 4.25. The predicted molar refractivity (Wildman–Crippen MR) is 108 cm³/mol. The Balaban J connectivity index is 1.80. The average molecular weight is 383 g/mol. The molecule has 27 heavy (non-hydrogen) atoms. The number of carbonyl (C=O) groups is 1. The third-order valence-corrected chi connectivity index (χ3v) is 4.56. The summed E-state index contributed by atoms with van der Waals surface area (Å²) in [5.41, 5.74) is 2.75. The molecule has 0 radical (unpaired) electrons. The Bertz CT molecular complexity index is 978. The number of aromatic nitrogens is 1. The van der Waals surface area contributed by atoms with Crippen LogP contribution in [0.3, 0.4) is 0 Å². The first-order chi connectivity index (χ1) is 12.8. The lowest BCUT2D eigenvalue weighted by molar-refractivity contribution is 0.102. The van der Waals surface area contributed by atoms with Crippen molar-refractivity contribution in [3.8, 4) is 11.3 Å². The van der Waals surface area contributed by atoms with Gasteiger partial charge in [-0.25, -0.2) is 4.39 Å². The number of rotatable bonds is 3. The molecule has 1 heterocycles. The summed E-state index contributed by atoms with van der Waals surface area (Å²) >= 11 is 6.10. The molecule has 3 nitrogen and oxygen atoms in total. The summed E-state index contributed by atoms with van der Waals surface area (Å²) in [6, 6.07) is 15.3. The van der Waals surface area contributed by atoms with Crippen molar-refractivity contribution in [1.82, 2.24) is 4.98 Å². The summed E-state index contributed by atoms with van der Waals surface area (Å²) in [5.74, 6) is -1.13. The van der Waals surface area contributed by atoms with Crippen LogP contribution in [0.1, 0.15) is 36.7 Å². The molecule has 0 aliphatic rings. The van der Waals surface area contributed by atoms with Crippen molar-refractivity contribution >= 4 is 23.2 Å². The van der Waals surface area contributed by atoms with E-state index < -0.39 is 11.7 Å². The van der Waals surface area contributed by atoms with Crippen LogP contribution >= 0.6 is 11.6 Å². The lowest BCUT2D eigenvalue weighted by atomic mass is 9.87. The second-order valence-electron chi connectivity index (χ2n) is 7.31. The molecule has 0 unspecified atom stereocenters. The molecule has 5 heteroatoms. The fourth-order valence-electron chi connectivity index (χ4n) is 2.70. The van der Waals surface area contributed by atoms with Gasteiger partial charge in [-0.1, -0.05) is 50.6 Å². The topological polar surface area (TPSA) is 42.0 Å². The van der Waals surface area contributed by atoms with Gasteiger partial charge < -0.3 is 5.32 Å². The van der Waals surface area contributed by atoms with Gasteiger partial charge in [-0.05, 0) is 47.4 Å². The van der Waals surface area contributed by atoms with E-state index in [4.69, 9.17) is 11.6 Å². The van der Waals surface area contributed by atoms with E-state index in [-0.39, 0.29) is 11.0 Å². The highest BCUT2D eigenvalue weighted by Gasteiger charge is 2.16. The summed E-state index contributed by atoms with van der Waals surface area (Å²) in [4.78, 5) is 16.6. The number of amides is 1. The van der Waals surface area contributed by atoms with E-state index in [9.17, 15) is 9.18 Å². The largest absolute Gasteiger partial charge is 0.322 e. The molecular formula is C22H20ClFN2O. The first-order valence-corrected chi connectivity index (χ1v) is 8.96. The van der Waals surface area contributed by atoms with E-state index in [0.717, 1.165) is 5.56 Å². The molecule has 0 saturated carbocycles. The lowest BCUT2D eigenvalue weighted by Gasteiger charge is -2.19. The predicted octanol–water partition coefficient (Wildman–Crippen LogP) is 6.09. The van der Waals surface area contributed by atoms with Gasteiger partial charge in [0.05, 0.1) is 16.3 Å². The molecule has 2 aromatic carbocycles. The van der Waals surface area contributed by atoms with Gasteiger partial charge >= 0.3 is 0 Å². The number of hydrogen-bond acceptors (Lipinski definition) is 2. The van der Waals surface area contributed by atoms with E-state index >= 15 is 0 Å².